The van der Waals surface area contributed by atoms with E-state index in [4.69, 9.17) is 9.84 Å². The number of amides is 1. The molecule has 0 aromatic heterocycles. The molecule has 6 nitrogen and oxygen atoms in total. The smallest absolute Gasteiger partial charge is 0.320 e. The van der Waals surface area contributed by atoms with Gasteiger partial charge in [0.25, 0.3) is 0 Å². The zero-order valence-electron chi connectivity index (χ0n) is 13.7. The van der Waals surface area contributed by atoms with Crippen LogP contribution in [0.4, 0.5) is 0 Å². The van der Waals surface area contributed by atoms with Crippen LogP contribution in [0, 0.1) is 0 Å². The van der Waals surface area contributed by atoms with Gasteiger partial charge in [-0.1, -0.05) is 25.5 Å². The number of ether oxygens (including phenoxy) is 1. The van der Waals surface area contributed by atoms with Gasteiger partial charge >= 0.3 is 5.97 Å². The topological polar surface area (TPSA) is 87.7 Å². The average Bonchev–Trinajstić information content (AvgIpc) is 2.52. The van der Waals surface area contributed by atoms with Gasteiger partial charge in [-0.2, -0.15) is 0 Å². The van der Waals surface area contributed by atoms with E-state index in [1.807, 2.05) is 31.2 Å². The van der Waals surface area contributed by atoms with Crippen LogP contribution in [0.3, 0.4) is 0 Å². The fraction of sp³-hybridized carbons (Fsp3) is 0.500. The molecule has 2 unspecified atom stereocenters. The van der Waals surface area contributed by atoms with Gasteiger partial charge in [0.15, 0.2) is 0 Å². The van der Waals surface area contributed by atoms with E-state index < -0.39 is 18.1 Å². The number of nitrogens with one attached hydrogen (secondary N) is 2. The summed E-state index contributed by atoms with van der Waals surface area (Å²) in [5.41, 5.74) is 0.920. The van der Waals surface area contributed by atoms with E-state index in [1.54, 1.807) is 14.0 Å². The van der Waals surface area contributed by atoms with Crippen LogP contribution in [0.1, 0.15) is 32.3 Å². The van der Waals surface area contributed by atoms with Crippen molar-refractivity contribution >= 4 is 24.3 Å². The number of methoxy groups -OCH3 is 1. The number of carboxylic acids is 1. The lowest BCUT2D eigenvalue weighted by molar-refractivity contribution is -0.140. The summed E-state index contributed by atoms with van der Waals surface area (Å²) < 4.78 is 5.12. The van der Waals surface area contributed by atoms with Crippen LogP contribution in [0.2, 0.25) is 0 Å². The molecule has 0 saturated heterocycles. The molecular weight excluding hydrogens is 320 g/mol. The van der Waals surface area contributed by atoms with Crippen molar-refractivity contribution in [3.63, 3.8) is 0 Å². The molecule has 7 heteroatoms. The summed E-state index contributed by atoms with van der Waals surface area (Å²) >= 11 is 0. The van der Waals surface area contributed by atoms with Gasteiger partial charge < -0.3 is 15.2 Å². The second-order valence-electron chi connectivity index (χ2n) is 5.14. The molecule has 23 heavy (non-hydrogen) atoms. The summed E-state index contributed by atoms with van der Waals surface area (Å²) in [5.74, 6) is -0.439. The first-order valence-electron chi connectivity index (χ1n) is 7.37. The Balaban J connectivity index is 0.00000484. The van der Waals surface area contributed by atoms with E-state index in [0.717, 1.165) is 17.7 Å². The highest BCUT2D eigenvalue weighted by Crippen LogP contribution is 2.12. The van der Waals surface area contributed by atoms with Crippen molar-refractivity contribution in [3.8, 4) is 5.75 Å². The first-order valence-corrected chi connectivity index (χ1v) is 7.37. The molecule has 1 aromatic rings. The summed E-state index contributed by atoms with van der Waals surface area (Å²) in [6, 6.07) is 6.13. The standard InChI is InChI=1S/C16H24N2O4.ClH/c1-4-6-14(16(20)21)18-11(2)15(19)17-10-12-7-5-8-13(9-12)22-3;/h5,7-9,11,14,18H,4,6,10H2,1-3H3,(H,17,19)(H,20,21);1H. The van der Waals surface area contributed by atoms with Crippen LogP contribution in [-0.4, -0.2) is 36.2 Å². The zero-order chi connectivity index (χ0) is 16.5. The molecule has 3 N–H and O–H groups in total. The quantitative estimate of drug-likeness (QED) is 0.637. The van der Waals surface area contributed by atoms with Crippen LogP contribution in [0.15, 0.2) is 24.3 Å². The third-order valence-electron chi connectivity index (χ3n) is 3.32. The predicted octanol–water partition coefficient (Wildman–Crippen LogP) is 1.96. The Morgan fingerprint density at radius 1 is 1.35 bits per heavy atom. The summed E-state index contributed by atoms with van der Waals surface area (Å²) in [6.07, 6.45) is 1.23. The van der Waals surface area contributed by atoms with Crippen LogP contribution in [0.25, 0.3) is 0 Å². The van der Waals surface area contributed by atoms with E-state index in [2.05, 4.69) is 10.6 Å². The monoisotopic (exact) mass is 344 g/mol. The number of benzene rings is 1. The highest BCUT2D eigenvalue weighted by Gasteiger charge is 2.22. The molecule has 0 aliphatic rings. The molecule has 1 amide bonds. The summed E-state index contributed by atoms with van der Waals surface area (Å²) in [7, 11) is 1.59. The number of rotatable bonds is 9. The van der Waals surface area contributed by atoms with Crippen molar-refractivity contribution in [2.75, 3.05) is 7.11 Å². The minimum Gasteiger partial charge on any atom is -0.497 e. The Labute approximate surface area is 143 Å². The molecular formula is C16H25ClN2O4. The normalized spacial score (nSPS) is 12.7. The maximum atomic E-state index is 12.0. The zero-order valence-corrected chi connectivity index (χ0v) is 14.5. The van der Waals surface area contributed by atoms with Crippen LogP contribution in [-0.2, 0) is 16.1 Å². The summed E-state index contributed by atoms with van der Waals surface area (Å²) in [5, 5.41) is 14.7. The summed E-state index contributed by atoms with van der Waals surface area (Å²) in [6.45, 7) is 3.94. The Bertz CT molecular complexity index is 511. The number of hydrogen-bond acceptors (Lipinski definition) is 4. The molecule has 1 rings (SSSR count). The number of hydrogen-bond donors (Lipinski definition) is 3. The van der Waals surface area contributed by atoms with Gasteiger partial charge in [0.2, 0.25) is 5.91 Å². The fourth-order valence-electron chi connectivity index (χ4n) is 2.07. The maximum Gasteiger partial charge on any atom is 0.320 e. The van der Waals surface area contributed by atoms with E-state index in [1.165, 1.54) is 0 Å². The molecule has 130 valence electrons. The first-order chi connectivity index (χ1) is 10.5. The van der Waals surface area contributed by atoms with Gasteiger partial charge in [-0.3, -0.25) is 14.9 Å². The third kappa shape index (κ3) is 7.34. The molecule has 0 spiro atoms. The van der Waals surface area contributed by atoms with Crippen molar-refractivity contribution in [2.45, 2.75) is 45.3 Å². The largest absolute Gasteiger partial charge is 0.497 e. The van der Waals surface area contributed by atoms with E-state index >= 15 is 0 Å². The second-order valence-corrected chi connectivity index (χ2v) is 5.14. The molecule has 2 atom stereocenters. The molecule has 1 aromatic carbocycles. The number of carbonyl (C=O) groups is 2. The van der Waals surface area contributed by atoms with E-state index in [0.29, 0.717) is 13.0 Å². The van der Waals surface area contributed by atoms with Gasteiger partial charge in [-0.05, 0) is 31.0 Å². The summed E-state index contributed by atoms with van der Waals surface area (Å²) in [4.78, 5) is 23.1. The molecule has 0 saturated carbocycles. The number of carbonyl (C=O) groups excluding carboxylic acids is 1. The molecule has 0 heterocycles. The maximum absolute atomic E-state index is 12.0. The fourth-order valence-corrected chi connectivity index (χ4v) is 2.07. The molecule has 0 bridgehead atoms. The van der Waals surface area contributed by atoms with Gasteiger partial charge in [0, 0.05) is 6.54 Å². The lowest BCUT2D eigenvalue weighted by atomic mass is 10.1. The minimum absolute atomic E-state index is 0. The van der Waals surface area contributed by atoms with Gasteiger partial charge in [-0.15, -0.1) is 12.4 Å². The van der Waals surface area contributed by atoms with Crippen molar-refractivity contribution in [1.82, 2.24) is 10.6 Å². The van der Waals surface area contributed by atoms with Crippen LogP contribution < -0.4 is 15.4 Å². The lowest BCUT2D eigenvalue weighted by Crippen LogP contribution is -2.49. The van der Waals surface area contributed by atoms with Gasteiger partial charge in [0.1, 0.15) is 11.8 Å². The van der Waals surface area contributed by atoms with Crippen LogP contribution >= 0.6 is 12.4 Å². The minimum atomic E-state index is -0.936. The number of halogens is 1. The third-order valence-corrected chi connectivity index (χ3v) is 3.32. The Morgan fingerprint density at radius 2 is 2.04 bits per heavy atom. The Kier molecular flexibility index (Phi) is 10.0. The first kappa shape index (κ1) is 21.2. The Hall–Kier alpha value is -1.79. The molecule has 0 aliphatic heterocycles. The van der Waals surface area contributed by atoms with Gasteiger partial charge in [0.05, 0.1) is 13.2 Å². The molecule has 0 aliphatic carbocycles. The highest BCUT2D eigenvalue weighted by molar-refractivity contribution is 5.85. The van der Waals surface area contributed by atoms with E-state index in [-0.39, 0.29) is 18.3 Å². The van der Waals surface area contributed by atoms with Crippen LogP contribution in [0.5, 0.6) is 5.75 Å². The van der Waals surface area contributed by atoms with Gasteiger partial charge in [-0.25, -0.2) is 0 Å². The lowest BCUT2D eigenvalue weighted by Gasteiger charge is -2.19. The van der Waals surface area contributed by atoms with Crippen molar-refractivity contribution in [1.29, 1.82) is 0 Å². The second kappa shape index (κ2) is 10.9. The predicted molar refractivity (Wildman–Crippen MR) is 91.0 cm³/mol. The number of aliphatic carboxylic acids is 1. The molecule has 0 radical (unpaired) electrons. The van der Waals surface area contributed by atoms with Crippen molar-refractivity contribution < 1.29 is 19.4 Å². The van der Waals surface area contributed by atoms with Crippen molar-refractivity contribution in [2.24, 2.45) is 0 Å². The molecule has 0 fully saturated rings. The van der Waals surface area contributed by atoms with E-state index in [9.17, 15) is 9.59 Å². The Morgan fingerprint density at radius 3 is 2.61 bits per heavy atom. The highest BCUT2D eigenvalue weighted by atomic mass is 35.5. The SMILES string of the molecule is CCCC(NC(C)C(=O)NCc1cccc(OC)c1)C(=O)O.Cl. The number of carboxylic acid groups (broad SMARTS) is 1. The van der Waals surface area contributed by atoms with Crippen molar-refractivity contribution in [3.05, 3.63) is 29.8 Å². The average molecular weight is 345 g/mol.